The van der Waals surface area contributed by atoms with Crippen molar-refractivity contribution >= 4 is 5.91 Å². The summed E-state index contributed by atoms with van der Waals surface area (Å²) in [6, 6.07) is 8.37. The third kappa shape index (κ3) is 2.74. The summed E-state index contributed by atoms with van der Waals surface area (Å²) in [6.45, 7) is -0.0416. The largest absolute Gasteiger partial charge is 0.383 e. The van der Waals surface area contributed by atoms with E-state index in [-0.39, 0.29) is 19.4 Å². The molecule has 4 nitrogen and oxygen atoms in total. The average Bonchev–Trinajstić information content (AvgIpc) is 2.43. The van der Waals surface area contributed by atoms with Crippen molar-refractivity contribution in [2.75, 3.05) is 7.05 Å². The van der Waals surface area contributed by atoms with Crippen molar-refractivity contribution in [3.63, 3.8) is 0 Å². The summed E-state index contributed by atoms with van der Waals surface area (Å²) >= 11 is 0. The second kappa shape index (κ2) is 5.41. The number of rotatable bonds is 4. The molecule has 0 aromatic heterocycles. The number of nitriles is 1. The van der Waals surface area contributed by atoms with Crippen molar-refractivity contribution in [2.45, 2.75) is 37.3 Å². The second-order valence-electron chi connectivity index (χ2n) is 5.43. The third-order valence-corrected chi connectivity index (χ3v) is 3.86. The molecule has 0 saturated heterocycles. The van der Waals surface area contributed by atoms with Gasteiger partial charge in [-0.1, -0.05) is 12.1 Å². The highest BCUT2D eigenvalue weighted by atomic mass is 19.3. The number of amides is 1. The Morgan fingerprint density at radius 1 is 1.52 bits per heavy atom. The van der Waals surface area contributed by atoms with Gasteiger partial charge in [-0.05, 0) is 37.0 Å². The molecule has 1 aliphatic carbocycles. The highest BCUT2D eigenvalue weighted by Gasteiger charge is 2.61. The van der Waals surface area contributed by atoms with Gasteiger partial charge < -0.3 is 10.0 Å². The summed E-state index contributed by atoms with van der Waals surface area (Å²) < 4.78 is 28.1. The molecular weight excluding hydrogens is 278 g/mol. The number of nitrogens with zero attached hydrogens (tertiary/aromatic N) is 2. The summed E-state index contributed by atoms with van der Waals surface area (Å²) in [5, 5.41) is 18.6. The van der Waals surface area contributed by atoms with Gasteiger partial charge in [-0.25, -0.2) is 0 Å². The molecule has 1 amide bonds. The van der Waals surface area contributed by atoms with E-state index in [4.69, 9.17) is 5.26 Å². The van der Waals surface area contributed by atoms with Gasteiger partial charge in [0.25, 0.3) is 5.91 Å². The Morgan fingerprint density at radius 2 is 2.19 bits per heavy atom. The Balaban J connectivity index is 2.10. The van der Waals surface area contributed by atoms with Gasteiger partial charge in [-0.15, -0.1) is 0 Å². The molecule has 2 rings (SSSR count). The molecule has 1 fully saturated rings. The second-order valence-corrected chi connectivity index (χ2v) is 5.43. The van der Waals surface area contributed by atoms with E-state index in [9.17, 15) is 18.7 Å². The first kappa shape index (κ1) is 15.4. The minimum atomic E-state index is -3.78. The number of hydrogen-bond donors (Lipinski definition) is 1. The molecule has 1 aromatic carbocycles. The molecule has 0 bridgehead atoms. The maximum absolute atomic E-state index is 14.1. The summed E-state index contributed by atoms with van der Waals surface area (Å²) in [7, 11) is 1.26. The van der Waals surface area contributed by atoms with Crippen LogP contribution in [0.3, 0.4) is 0 Å². The highest BCUT2D eigenvalue weighted by molar-refractivity contribution is 5.85. The van der Waals surface area contributed by atoms with Crippen LogP contribution in [0.5, 0.6) is 0 Å². The van der Waals surface area contributed by atoms with E-state index in [0.717, 1.165) is 4.90 Å². The van der Waals surface area contributed by atoms with E-state index in [1.807, 2.05) is 6.07 Å². The summed E-state index contributed by atoms with van der Waals surface area (Å²) in [5.74, 6) is -5.18. The van der Waals surface area contributed by atoms with Gasteiger partial charge in [-0.2, -0.15) is 14.0 Å². The summed E-state index contributed by atoms with van der Waals surface area (Å²) in [4.78, 5) is 12.8. The van der Waals surface area contributed by atoms with Crippen LogP contribution in [-0.2, 0) is 11.3 Å². The van der Waals surface area contributed by atoms with Gasteiger partial charge in [0.2, 0.25) is 0 Å². The van der Waals surface area contributed by atoms with Crippen LogP contribution in [0.4, 0.5) is 8.78 Å². The molecule has 0 atom stereocenters. The average molecular weight is 294 g/mol. The lowest BCUT2D eigenvalue weighted by atomic mass is 9.75. The van der Waals surface area contributed by atoms with Crippen molar-refractivity contribution in [3.05, 3.63) is 35.4 Å². The zero-order valence-electron chi connectivity index (χ0n) is 11.6. The molecule has 1 N–H and O–H groups in total. The minimum Gasteiger partial charge on any atom is -0.383 e. The van der Waals surface area contributed by atoms with Crippen LogP contribution in [0, 0.1) is 11.3 Å². The van der Waals surface area contributed by atoms with E-state index in [1.54, 1.807) is 24.3 Å². The molecule has 0 heterocycles. The Bertz CT molecular complexity index is 592. The molecule has 1 aliphatic rings. The molecule has 1 aromatic rings. The first-order chi connectivity index (χ1) is 9.80. The van der Waals surface area contributed by atoms with Gasteiger partial charge in [0, 0.05) is 13.6 Å². The maximum atomic E-state index is 14.1. The summed E-state index contributed by atoms with van der Waals surface area (Å²) in [6.07, 6.45) is 0.361. The van der Waals surface area contributed by atoms with Crippen molar-refractivity contribution in [1.82, 2.24) is 4.90 Å². The van der Waals surface area contributed by atoms with E-state index in [2.05, 4.69) is 0 Å². The molecule has 0 unspecified atom stereocenters. The molecule has 1 saturated carbocycles. The fourth-order valence-electron chi connectivity index (χ4n) is 2.35. The molecular formula is C15H16F2N2O2. The highest BCUT2D eigenvalue weighted by Crippen LogP contribution is 2.45. The number of carbonyl (C=O) groups is 1. The number of halogens is 2. The van der Waals surface area contributed by atoms with Crippen LogP contribution in [0.2, 0.25) is 0 Å². The lowest BCUT2D eigenvalue weighted by Crippen LogP contribution is -2.60. The van der Waals surface area contributed by atoms with E-state index in [1.165, 1.54) is 7.05 Å². The van der Waals surface area contributed by atoms with Crippen LogP contribution in [0.1, 0.15) is 30.4 Å². The quantitative estimate of drug-likeness (QED) is 0.924. The first-order valence-electron chi connectivity index (χ1n) is 6.65. The standard InChI is InChI=1S/C15H16F2N2O2/c1-19(10-12-5-2-4-11(8-12)9-18)13(20)15(16,17)14(21)6-3-7-14/h2,4-5,8,21H,3,6-7,10H2,1H3. The smallest absolute Gasteiger partial charge is 0.352 e. The third-order valence-electron chi connectivity index (χ3n) is 3.86. The number of alkyl halides is 2. The molecule has 0 aliphatic heterocycles. The molecule has 0 radical (unpaired) electrons. The number of aliphatic hydroxyl groups is 1. The lowest BCUT2D eigenvalue weighted by molar-refractivity contribution is -0.223. The maximum Gasteiger partial charge on any atom is 0.352 e. The van der Waals surface area contributed by atoms with Gasteiger partial charge in [0.15, 0.2) is 0 Å². The van der Waals surface area contributed by atoms with E-state index >= 15 is 0 Å². The number of benzene rings is 1. The van der Waals surface area contributed by atoms with Crippen LogP contribution in [0.15, 0.2) is 24.3 Å². The van der Waals surface area contributed by atoms with Gasteiger partial charge in [0.05, 0.1) is 11.6 Å². The van der Waals surface area contributed by atoms with Gasteiger partial charge in [-0.3, -0.25) is 4.79 Å². The normalized spacial score (nSPS) is 16.7. The molecule has 6 heteroatoms. The van der Waals surface area contributed by atoms with Crippen LogP contribution in [0.25, 0.3) is 0 Å². The van der Waals surface area contributed by atoms with Crippen LogP contribution in [-0.4, -0.2) is 34.5 Å². The monoisotopic (exact) mass is 294 g/mol. The Morgan fingerprint density at radius 3 is 2.71 bits per heavy atom. The Labute approximate surface area is 121 Å². The fourth-order valence-corrected chi connectivity index (χ4v) is 2.35. The summed E-state index contributed by atoms with van der Waals surface area (Å²) in [5.41, 5.74) is -1.23. The predicted octanol–water partition coefficient (Wildman–Crippen LogP) is 2.07. The van der Waals surface area contributed by atoms with E-state index < -0.39 is 17.4 Å². The minimum absolute atomic E-state index is 0.0416. The van der Waals surface area contributed by atoms with Crippen molar-refractivity contribution in [2.24, 2.45) is 0 Å². The van der Waals surface area contributed by atoms with Gasteiger partial charge >= 0.3 is 5.92 Å². The first-order valence-corrected chi connectivity index (χ1v) is 6.65. The zero-order chi connectivity index (χ0) is 15.7. The van der Waals surface area contributed by atoms with Crippen molar-refractivity contribution in [3.8, 4) is 6.07 Å². The number of hydrogen-bond acceptors (Lipinski definition) is 3. The molecule has 21 heavy (non-hydrogen) atoms. The Hall–Kier alpha value is -2.00. The van der Waals surface area contributed by atoms with Crippen LogP contribution < -0.4 is 0 Å². The molecule has 112 valence electrons. The fraction of sp³-hybridized carbons (Fsp3) is 0.467. The van der Waals surface area contributed by atoms with E-state index in [0.29, 0.717) is 17.5 Å². The predicted molar refractivity (Wildman–Crippen MR) is 71.4 cm³/mol. The SMILES string of the molecule is CN(Cc1cccc(C#N)c1)C(=O)C(F)(F)C1(O)CCC1. The number of carbonyl (C=O) groups excluding carboxylic acids is 1. The van der Waals surface area contributed by atoms with Gasteiger partial charge in [0.1, 0.15) is 5.60 Å². The zero-order valence-corrected chi connectivity index (χ0v) is 11.6. The lowest BCUT2D eigenvalue weighted by Gasteiger charge is -2.42. The van der Waals surface area contributed by atoms with Crippen LogP contribution >= 0.6 is 0 Å². The van der Waals surface area contributed by atoms with Crippen molar-refractivity contribution in [1.29, 1.82) is 5.26 Å². The van der Waals surface area contributed by atoms with Crippen molar-refractivity contribution < 1.29 is 18.7 Å². The molecule has 0 spiro atoms. The Kier molecular flexibility index (Phi) is 3.97. The topological polar surface area (TPSA) is 64.3 Å².